The molecule has 0 heterocycles. The fourth-order valence-corrected chi connectivity index (χ4v) is 1.48. The van der Waals surface area contributed by atoms with Gasteiger partial charge in [0, 0.05) is 12.2 Å². The molecule has 25 heavy (non-hydrogen) atoms. The Bertz CT molecular complexity index is 452. The second-order valence-corrected chi connectivity index (χ2v) is 5.53. The number of ether oxygens (including phenoxy) is 4. The van der Waals surface area contributed by atoms with Gasteiger partial charge in [-0.15, -0.1) is 0 Å². The molecular weight excluding hydrogens is 330 g/mol. The Morgan fingerprint density at radius 3 is 2.00 bits per heavy atom. The molecule has 0 bridgehead atoms. The summed E-state index contributed by atoms with van der Waals surface area (Å²) in [6.07, 6.45) is 2.16. The Morgan fingerprint density at radius 2 is 1.56 bits per heavy atom. The van der Waals surface area contributed by atoms with Crippen molar-refractivity contribution in [3.63, 3.8) is 0 Å². The zero-order chi connectivity index (χ0) is 19.3. The largest absolute Gasteiger partial charge is 0.460 e. The zero-order valence-electron chi connectivity index (χ0n) is 15.0. The number of esters is 2. The molecule has 0 rings (SSSR count). The van der Waals surface area contributed by atoms with Crippen LogP contribution in [-0.4, -0.2) is 56.1 Å². The minimum Gasteiger partial charge on any atom is -0.460 e. The Kier molecular flexibility index (Phi) is 10.9. The topological polar surface area (TPSA) is 100 Å². The van der Waals surface area contributed by atoms with Crippen molar-refractivity contribution >= 4 is 18.0 Å². The minimum absolute atomic E-state index is 0.0607. The quantitative estimate of drug-likeness (QED) is 0.246. The number of carbonyl (C=O) groups is 3. The van der Waals surface area contributed by atoms with Crippen LogP contribution in [0.15, 0.2) is 25.3 Å². The summed E-state index contributed by atoms with van der Waals surface area (Å²) >= 11 is 0. The number of alkyl carbamates (subject to hydrolysis) is 1. The summed E-state index contributed by atoms with van der Waals surface area (Å²) in [5.41, 5.74) is -1.17. The first-order chi connectivity index (χ1) is 11.8. The van der Waals surface area contributed by atoms with E-state index in [1.54, 1.807) is 0 Å². The molecule has 1 unspecified atom stereocenters. The predicted octanol–water partition coefficient (Wildman–Crippen LogP) is 1.74. The molecule has 0 aliphatic rings. The van der Waals surface area contributed by atoms with E-state index in [-0.39, 0.29) is 32.5 Å². The van der Waals surface area contributed by atoms with E-state index in [1.165, 1.54) is 6.92 Å². The molecule has 0 saturated heterocycles. The van der Waals surface area contributed by atoms with E-state index in [9.17, 15) is 14.4 Å². The highest BCUT2D eigenvalue weighted by Crippen LogP contribution is 2.08. The van der Waals surface area contributed by atoms with Crippen LogP contribution in [0.25, 0.3) is 0 Å². The van der Waals surface area contributed by atoms with Gasteiger partial charge in [-0.2, -0.15) is 0 Å². The molecule has 1 atom stereocenters. The first-order valence-electron chi connectivity index (χ1n) is 7.91. The van der Waals surface area contributed by atoms with Gasteiger partial charge in [0.25, 0.3) is 0 Å². The summed E-state index contributed by atoms with van der Waals surface area (Å²) < 4.78 is 20.2. The van der Waals surface area contributed by atoms with E-state index >= 15 is 0 Å². The zero-order valence-corrected chi connectivity index (χ0v) is 15.0. The van der Waals surface area contributed by atoms with Gasteiger partial charge in [0.15, 0.2) is 0 Å². The summed E-state index contributed by atoms with van der Waals surface area (Å²) in [4.78, 5) is 34.3. The first-order valence-corrected chi connectivity index (χ1v) is 7.91. The lowest BCUT2D eigenvalue weighted by Gasteiger charge is -2.29. The maximum Gasteiger partial charge on any atom is 0.407 e. The van der Waals surface area contributed by atoms with Crippen LogP contribution >= 0.6 is 0 Å². The molecule has 0 aliphatic carbocycles. The third-order valence-corrected chi connectivity index (χ3v) is 3.10. The van der Waals surface area contributed by atoms with Crippen LogP contribution in [0.4, 0.5) is 4.79 Å². The van der Waals surface area contributed by atoms with E-state index < -0.39 is 23.6 Å². The molecule has 0 radical (unpaired) electrons. The lowest BCUT2D eigenvalue weighted by molar-refractivity contribution is -0.144. The second kappa shape index (κ2) is 12.1. The van der Waals surface area contributed by atoms with E-state index in [0.29, 0.717) is 0 Å². The molecular formula is C17H27NO7. The maximum atomic E-state index is 11.9. The lowest BCUT2D eigenvalue weighted by atomic mass is 10.1. The van der Waals surface area contributed by atoms with E-state index in [2.05, 4.69) is 18.5 Å². The molecule has 0 aromatic heterocycles. The van der Waals surface area contributed by atoms with Gasteiger partial charge >= 0.3 is 18.0 Å². The Morgan fingerprint density at radius 1 is 1.04 bits per heavy atom. The number of hydrogen-bond acceptors (Lipinski definition) is 7. The van der Waals surface area contributed by atoms with E-state index in [0.717, 1.165) is 18.6 Å². The van der Waals surface area contributed by atoms with Crippen LogP contribution in [0.2, 0.25) is 0 Å². The fourth-order valence-electron chi connectivity index (χ4n) is 1.48. The summed E-state index contributed by atoms with van der Waals surface area (Å²) in [7, 11) is 0. The van der Waals surface area contributed by atoms with Crippen molar-refractivity contribution in [3.05, 3.63) is 25.3 Å². The van der Waals surface area contributed by atoms with Gasteiger partial charge in [0.2, 0.25) is 0 Å². The van der Waals surface area contributed by atoms with Gasteiger partial charge < -0.3 is 24.3 Å². The minimum atomic E-state index is -1.17. The van der Waals surface area contributed by atoms with Gasteiger partial charge in [0.05, 0.1) is 12.7 Å². The van der Waals surface area contributed by atoms with Crippen molar-refractivity contribution in [3.8, 4) is 0 Å². The fraction of sp³-hybridized carbons (Fsp3) is 0.588. The number of nitrogens with one attached hydrogen (secondary N) is 1. The molecule has 0 spiro atoms. The van der Waals surface area contributed by atoms with Crippen molar-refractivity contribution < 1.29 is 33.3 Å². The Hall–Kier alpha value is -2.35. The highest BCUT2D eigenvalue weighted by Gasteiger charge is 2.30. The van der Waals surface area contributed by atoms with E-state index in [4.69, 9.17) is 18.9 Å². The average Bonchev–Trinajstić information content (AvgIpc) is 2.60. The van der Waals surface area contributed by atoms with E-state index in [1.807, 2.05) is 13.8 Å². The molecule has 0 aliphatic heterocycles. The van der Waals surface area contributed by atoms with Gasteiger partial charge in [-0.3, -0.25) is 0 Å². The van der Waals surface area contributed by atoms with Gasteiger partial charge in [-0.25, -0.2) is 14.4 Å². The molecule has 0 aromatic rings. The summed E-state index contributed by atoms with van der Waals surface area (Å²) in [5, 5.41) is 2.51. The predicted molar refractivity (Wildman–Crippen MR) is 90.9 cm³/mol. The Balaban J connectivity index is 4.54. The van der Waals surface area contributed by atoms with Gasteiger partial charge in [0.1, 0.15) is 25.4 Å². The summed E-state index contributed by atoms with van der Waals surface area (Å²) in [5.74, 6) is -1.34. The molecule has 142 valence electrons. The second-order valence-electron chi connectivity index (χ2n) is 5.53. The molecule has 8 heteroatoms. The monoisotopic (exact) mass is 357 g/mol. The molecule has 0 aromatic carbocycles. The van der Waals surface area contributed by atoms with Crippen LogP contribution in [0, 0.1) is 0 Å². The van der Waals surface area contributed by atoms with Crippen molar-refractivity contribution in [2.45, 2.75) is 38.8 Å². The van der Waals surface area contributed by atoms with Crippen LogP contribution < -0.4 is 5.32 Å². The number of amides is 1. The van der Waals surface area contributed by atoms with Crippen LogP contribution in [0.3, 0.4) is 0 Å². The molecule has 8 nitrogen and oxygen atoms in total. The van der Waals surface area contributed by atoms with Gasteiger partial charge in [-0.1, -0.05) is 20.1 Å². The van der Waals surface area contributed by atoms with Crippen molar-refractivity contribution in [2.24, 2.45) is 0 Å². The summed E-state index contributed by atoms with van der Waals surface area (Å²) in [6.45, 7) is 11.9. The average molecular weight is 357 g/mol. The first kappa shape index (κ1) is 22.6. The summed E-state index contributed by atoms with van der Waals surface area (Å²) in [6, 6.07) is 0. The molecule has 0 fully saturated rings. The third kappa shape index (κ3) is 10.9. The van der Waals surface area contributed by atoms with Crippen molar-refractivity contribution in [1.29, 1.82) is 0 Å². The maximum absolute atomic E-state index is 11.9. The smallest absolute Gasteiger partial charge is 0.407 e. The van der Waals surface area contributed by atoms with Crippen molar-refractivity contribution in [1.82, 2.24) is 5.32 Å². The lowest BCUT2D eigenvalue weighted by Crippen LogP contribution is -2.53. The van der Waals surface area contributed by atoms with Crippen LogP contribution in [0.5, 0.6) is 0 Å². The van der Waals surface area contributed by atoms with Gasteiger partial charge in [-0.05, 0) is 20.3 Å². The highest BCUT2D eigenvalue weighted by molar-refractivity contribution is 5.81. The normalized spacial score (nSPS) is 11.8. The highest BCUT2D eigenvalue weighted by atomic mass is 16.6. The number of carbonyl (C=O) groups excluding carboxylic acids is 3. The van der Waals surface area contributed by atoms with Crippen molar-refractivity contribution in [2.75, 3.05) is 26.4 Å². The van der Waals surface area contributed by atoms with Crippen LogP contribution in [-0.2, 0) is 28.5 Å². The molecule has 1 N–H and O–H groups in total. The molecule has 0 saturated carbocycles. The van der Waals surface area contributed by atoms with Crippen LogP contribution in [0.1, 0.15) is 27.2 Å². The molecule has 1 amide bonds. The third-order valence-electron chi connectivity index (χ3n) is 3.10. The Labute approximate surface area is 148 Å². The standard InChI is InChI=1S/C17H27NO7/c1-6-13(4)22-9-10-23-16(21)18-17(5,11-24-14(19)7-2)12-25-15(20)8-3/h7-8,13H,2-3,6,9-12H2,1,4-5H3,(H,18,21). The number of rotatable bonds is 12. The SMILES string of the molecule is C=CC(=O)OCC(C)(COC(=O)C=C)NC(=O)OCCOC(C)CC. The number of hydrogen-bond donors (Lipinski definition) is 1.